The molecule has 0 aliphatic carbocycles. The van der Waals surface area contributed by atoms with Crippen molar-refractivity contribution in [3.63, 3.8) is 0 Å². The van der Waals surface area contributed by atoms with E-state index in [0.717, 1.165) is 16.3 Å². The van der Waals surface area contributed by atoms with Crippen LogP contribution in [0.15, 0.2) is 54.9 Å². The Morgan fingerprint density at radius 1 is 1.00 bits per heavy atom. The number of fused-ring (bicyclic) bond motifs is 2. The summed E-state index contributed by atoms with van der Waals surface area (Å²) < 4.78 is 11.2. The van der Waals surface area contributed by atoms with Crippen molar-refractivity contribution in [3.8, 4) is 11.5 Å². The van der Waals surface area contributed by atoms with Crippen LogP contribution in [0.2, 0.25) is 0 Å². The van der Waals surface area contributed by atoms with Gasteiger partial charge >= 0.3 is 0 Å². The molecule has 0 radical (unpaired) electrons. The molecule has 2 aliphatic rings. The van der Waals surface area contributed by atoms with Crippen molar-refractivity contribution in [2.75, 3.05) is 19.8 Å². The molecule has 1 saturated heterocycles. The molecule has 0 bridgehead atoms. The molecule has 1 aromatic heterocycles. The van der Waals surface area contributed by atoms with Crippen LogP contribution in [0.1, 0.15) is 43.1 Å². The minimum absolute atomic E-state index is 0.336. The Bertz CT molecular complexity index is 1350. The maximum Gasteiger partial charge on any atom is 0.250 e. The summed E-state index contributed by atoms with van der Waals surface area (Å²) in [5.41, 5.74) is 7.62. The van der Waals surface area contributed by atoms with Crippen molar-refractivity contribution < 1.29 is 23.9 Å². The fraction of sp³-hybridized carbons (Fsp3) is 0.333. The van der Waals surface area contributed by atoms with Crippen LogP contribution in [0.3, 0.4) is 0 Å². The predicted molar refractivity (Wildman–Crippen MR) is 136 cm³/mol. The van der Waals surface area contributed by atoms with Crippen LogP contribution in [0.5, 0.6) is 11.5 Å². The standard InChI is InChI=1S/C27H29N5O5/c1-16(33)30-24(18-6-7-22-23(14-18)37-12-11-36-22)27(35)32-10-2-3-21(32)26(34)31-25(28)19-4-5-20-15-29-9-8-17(20)13-19/h4-9,13-15,21,24-25H,2-3,10-12,28H2,1H3,(H,30,33)(H,31,34)/t21-,24?,25?/m0/s1. The van der Waals surface area contributed by atoms with Gasteiger partial charge in [-0.15, -0.1) is 0 Å². The molecule has 2 aromatic carbocycles. The Balaban J connectivity index is 1.33. The summed E-state index contributed by atoms with van der Waals surface area (Å²) in [6.45, 7) is 2.60. The van der Waals surface area contributed by atoms with Gasteiger partial charge in [-0.1, -0.05) is 18.2 Å². The van der Waals surface area contributed by atoms with E-state index in [1.165, 1.54) is 11.8 Å². The van der Waals surface area contributed by atoms with Crippen LogP contribution in [-0.4, -0.2) is 53.4 Å². The van der Waals surface area contributed by atoms with E-state index in [1.54, 1.807) is 30.6 Å². The average molecular weight is 504 g/mol. The van der Waals surface area contributed by atoms with Crippen LogP contribution in [0.25, 0.3) is 10.8 Å². The van der Waals surface area contributed by atoms with E-state index in [9.17, 15) is 14.4 Å². The molecule has 37 heavy (non-hydrogen) atoms. The smallest absolute Gasteiger partial charge is 0.250 e. The van der Waals surface area contributed by atoms with E-state index >= 15 is 0 Å². The summed E-state index contributed by atoms with van der Waals surface area (Å²) >= 11 is 0. The topological polar surface area (TPSA) is 136 Å². The van der Waals surface area contributed by atoms with Gasteiger partial charge in [-0.3, -0.25) is 19.4 Å². The van der Waals surface area contributed by atoms with Crippen molar-refractivity contribution in [1.29, 1.82) is 0 Å². The van der Waals surface area contributed by atoms with Gasteiger partial charge in [0.15, 0.2) is 11.5 Å². The van der Waals surface area contributed by atoms with E-state index in [2.05, 4.69) is 15.6 Å². The van der Waals surface area contributed by atoms with E-state index in [4.69, 9.17) is 15.2 Å². The summed E-state index contributed by atoms with van der Waals surface area (Å²) in [7, 11) is 0. The molecule has 10 heteroatoms. The number of rotatable bonds is 6. The molecular weight excluding hydrogens is 474 g/mol. The largest absolute Gasteiger partial charge is 0.486 e. The van der Waals surface area contributed by atoms with Gasteiger partial charge in [-0.25, -0.2) is 0 Å². The van der Waals surface area contributed by atoms with E-state index < -0.39 is 18.2 Å². The first-order valence-electron chi connectivity index (χ1n) is 12.3. The zero-order valence-electron chi connectivity index (χ0n) is 20.5. The molecule has 1 fully saturated rings. The number of benzene rings is 2. The second-order valence-corrected chi connectivity index (χ2v) is 9.19. The highest BCUT2D eigenvalue weighted by Gasteiger charge is 2.38. The van der Waals surface area contributed by atoms with E-state index in [1.807, 2.05) is 24.3 Å². The zero-order valence-corrected chi connectivity index (χ0v) is 20.5. The monoisotopic (exact) mass is 503 g/mol. The molecular formula is C27H29N5O5. The second kappa shape index (κ2) is 10.4. The quantitative estimate of drug-likeness (QED) is 0.438. The normalized spacial score (nSPS) is 18.2. The lowest BCUT2D eigenvalue weighted by Gasteiger charge is -2.30. The third-order valence-electron chi connectivity index (χ3n) is 6.65. The predicted octanol–water partition coefficient (Wildman–Crippen LogP) is 1.95. The van der Waals surface area contributed by atoms with Gasteiger partial charge in [0.2, 0.25) is 17.7 Å². The van der Waals surface area contributed by atoms with E-state index in [-0.39, 0.29) is 17.7 Å². The maximum atomic E-state index is 13.7. The van der Waals surface area contributed by atoms with Crippen LogP contribution in [0.4, 0.5) is 0 Å². The first kappa shape index (κ1) is 24.5. The molecule has 2 unspecified atom stereocenters. The van der Waals surface area contributed by atoms with Gasteiger partial charge in [0.1, 0.15) is 31.5 Å². The summed E-state index contributed by atoms with van der Waals surface area (Å²) in [5, 5.41) is 7.53. The van der Waals surface area contributed by atoms with Crippen LogP contribution < -0.4 is 25.8 Å². The molecule has 3 amide bonds. The SMILES string of the molecule is CC(=O)NC(C(=O)N1CCC[C@H]1C(=O)NC(N)c1ccc2cnccc2c1)c1ccc2c(c1)OCCO2. The number of nitrogens with two attached hydrogens (primary N) is 1. The van der Waals surface area contributed by atoms with Gasteiger partial charge in [0.05, 0.1) is 0 Å². The second-order valence-electron chi connectivity index (χ2n) is 9.19. The number of hydrogen-bond acceptors (Lipinski definition) is 7. The summed E-state index contributed by atoms with van der Waals surface area (Å²) in [6.07, 6.45) is 3.88. The third kappa shape index (κ3) is 5.19. The fourth-order valence-corrected chi connectivity index (χ4v) is 4.83. The highest BCUT2D eigenvalue weighted by Crippen LogP contribution is 2.34. The first-order chi connectivity index (χ1) is 17.9. The van der Waals surface area contributed by atoms with Crippen molar-refractivity contribution in [2.45, 2.75) is 38.0 Å². The van der Waals surface area contributed by atoms with Crippen LogP contribution in [0, 0.1) is 0 Å². The molecule has 0 spiro atoms. The first-order valence-corrected chi connectivity index (χ1v) is 12.3. The molecule has 3 atom stereocenters. The lowest BCUT2D eigenvalue weighted by atomic mass is 10.0. The number of ether oxygens (including phenoxy) is 2. The van der Waals surface area contributed by atoms with Gasteiger partial charge in [-0.2, -0.15) is 0 Å². The van der Waals surface area contributed by atoms with Gasteiger partial charge in [0.25, 0.3) is 0 Å². The lowest BCUT2D eigenvalue weighted by Crippen LogP contribution is -2.51. The van der Waals surface area contributed by atoms with Crippen molar-refractivity contribution in [2.24, 2.45) is 5.73 Å². The van der Waals surface area contributed by atoms with E-state index in [0.29, 0.717) is 49.7 Å². The minimum atomic E-state index is -0.968. The molecule has 4 N–H and O–H groups in total. The molecule has 192 valence electrons. The molecule has 3 aromatic rings. The number of nitrogens with zero attached hydrogens (tertiary/aromatic N) is 2. The van der Waals surface area contributed by atoms with Crippen LogP contribution >= 0.6 is 0 Å². The van der Waals surface area contributed by atoms with Crippen molar-refractivity contribution >= 4 is 28.5 Å². The number of aromatic nitrogens is 1. The Labute approximate surface area is 214 Å². The lowest BCUT2D eigenvalue weighted by molar-refractivity contribution is -0.141. The molecule has 3 heterocycles. The maximum absolute atomic E-state index is 13.7. The zero-order chi connectivity index (χ0) is 25.9. The Hall–Kier alpha value is -4.18. The Morgan fingerprint density at radius 2 is 1.78 bits per heavy atom. The van der Waals surface area contributed by atoms with Gasteiger partial charge in [0, 0.05) is 31.2 Å². The van der Waals surface area contributed by atoms with Crippen molar-refractivity contribution in [3.05, 3.63) is 66.0 Å². The number of pyridine rings is 1. The number of likely N-dealkylation sites (tertiary alicyclic amines) is 1. The number of nitrogens with one attached hydrogen (secondary N) is 2. The summed E-state index contributed by atoms with van der Waals surface area (Å²) in [5.74, 6) is 0.0383. The van der Waals surface area contributed by atoms with Crippen molar-refractivity contribution in [1.82, 2.24) is 20.5 Å². The highest BCUT2D eigenvalue weighted by atomic mass is 16.6. The molecule has 10 nitrogen and oxygen atoms in total. The fourth-order valence-electron chi connectivity index (χ4n) is 4.83. The third-order valence-corrected chi connectivity index (χ3v) is 6.65. The Morgan fingerprint density at radius 3 is 2.59 bits per heavy atom. The number of carbonyl (C=O) groups is 3. The van der Waals surface area contributed by atoms with Crippen LogP contribution in [-0.2, 0) is 14.4 Å². The number of hydrogen-bond donors (Lipinski definition) is 3. The minimum Gasteiger partial charge on any atom is -0.486 e. The number of amides is 3. The van der Waals surface area contributed by atoms with Gasteiger partial charge < -0.3 is 30.7 Å². The van der Waals surface area contributed by atoms with Gasteiger partial charge in [-0.05, 0) is 53.6 Å². The average Bonchev–Trinajstić information content (AvgIpc) is 3.41. The molecule has 5 rings (SSSR count). The summed E-state index contributed by atoms with van der Waals surface area (Å²) in [6, 6.07) is 11.0. The molecule has 0 saturated carbocycles. The summed E-state index contributed by atoms with van der Waals surface area (Å²) in [4.78, 5) is 44.6. The Kier molecular flexibility index (Phi) is 6.91. The molecule has 2 aliphatic heterocycles. The highest BCUT2D eigenvalue weighted by molar-refractivity contribution is 5.93. The number of carbonyl (C=O) groups excluding carboxylic acids is 3.